The Bertz CT molecular complexity index is 800. The summed E-state index contributed by atoms with van der Waals surface area (Å²) < 4.78 is 25.0. The number of ether oxygens (including phenoxy) is 2. The van der Waals surface area contributed by atoms with Crippen LogP contribution in [0.1, 0.15) is 19.3 Å². The van der Waals surface area contributed by atoms with Gasteiger partial charge in [0.05, 0.1) is 12.2 Å². The molecule has 0 atom stereocenters. The molecule has 2 aromatic rings. The molecule has 3 heterocycles. The minimum atomic E-state index is -0.489. The minimum Gasteiger partial charge on any atom is -0.434 e. The first kappa shape index (κ1) is 16.8. The number of piperidine rings is 1. The Kier molecular flexibility index (Phi) is 4.46. The number of hydrogen-bond donors (Lipinski definition) is 1. The van der Waals surface area contributed by atoms with Crippen molar-refractivity contribution < 1.29 is 18.7 Å². The number of anilines is 1. The number of pyridine rings is 1. The molecule has 2 saturated heterocycles. The highest BCUT2D eigenvalue weighted by molar-refractivity contribution is 5.90. The lowest BCUT2D eigenvalue weighted by Gasteiger charge is -2.47. The third-order valence-electron chi connectivity index (χ3n) is 4.98. The molecule has 7 heteroatoms. The molecule has 2 aliphatic rings. The van der Waals surface area contributed by atoms with Gasteiger partial charge >= 0.3 is 6.03 Å². The van der Waals surface area contributed by atoms with E-state index in [9.17, 15) is 9.18 Å². The summed E-state index contributed by atoms with van der Waals surface area (Å²) in [6.45, 7) is 2.11. The quantitative estimate of drug-likeness (QED) is 0.908. The van der Waals surface area contributed by atoms with Crippen LogP contribution < -0.4 is 10.1 Å². The molecular formula is C19H20FN3O3. The Morgan fingerprint density at radius 3 is 2.65 bits per heavy atom. The summed E-state index contributed by atoms with van der Waals surface area (Å²) in [5.41, 5.74) is 0.394. The van der Waals surface area contributed by atoms with Crippen molar-refractivity contribution in [1.82, 2.24) is 9.88 Å². The fraction of sp³-hybridized carbons (Fsp3) is 0.368. The van der Waals surface area contributed by atoms with Gasteiger partial charge in [-0.25, -0.2) is 14.2 Å². The van der Waals surface area contributed by atoms with Crippen LogP contribution in [-0.2, 0) is 4.74 Å². The number of carbonyl (C=O) groups is 1. The van der Waals surface area contributed by atoms with E-state index in [0.29, 0.717) is 18.8 Å². The molecule has 0 bridgehead atoms. The van der Waals surface area contributed by atoms with Gasteiger partial charge in [-0.3, -0.25) is 0 Å². The summed E-state index contributed by atoms with van der Waals surface area (Å²) in [6.07, 6.45) is 4.31. The van der Waals surface area contributed by atoms with E-state index in [1.54, 1.807) is 29.2 Å². The smallest absolute Gasteiger partial charge is 0.321 e. The lowest BCUT2D eigenvalue weighted by Crippen LogP contribution is -2.54. The third kappa shape index (κ3) is 3.35. The molecule has 0 saturated carbocycles. The molecule has 1 aromatic carbocycles. The van der Waals surface area contributed by atoms with Crippen molar-refractivity contribution >= 4 is 11.7 Å². The molecule has 0 aliphatic carbocycles. The fourth-order valence-electron chi connectivity index (χ4n) is 3.30. The van der Waals surface area contributed by atoms with Gasteiger partial charge < -0.3 is 19.7 Å². The average molecular weight is 357 g/mol. The second kappa shape index (κ2) is 6.92. The minimum absolute atomic E-state index is 0.00973. The molecule has 2 amide bonds. The van der Waals surface area contributed by atoms with Gasteiger partial charge in [-0.2, -0.15) is 0 Å². The Morgan fingerprint density at radius 1 is 1.19 bits per heavy atom. The van der Waals surface area contributed by atoms with E-state index in [2.05, 4.69) is 10.3 Å². The number of amides is 2. The number of rotatable bonds is 3. The largest absolute Gasteiger partial charge is 0.434 e. The van der Waals surface area contributed by atoms with Gasteiger partial charge in [0, 0.05) is 19.3 Å². The Balaban J connectivity index is 1.43. The van der Waals surface area contributed by atoms with Crippen LogP contribution in [0.15, 0.2) is 42.6 Å². The van der Waals surface area contributed by atoms with Crippen molar-refractivity contribution in [3.8, 4) is 11.6 Å². The van der Waals surface area contributed by atoms with Crippen LogP contribution >= 0.6 is 0 Å². The maximum atomic E-state index is 13.8. The molecule has 0 unspecified atom stereocenters. The maximum Gasteiger partial charge on any atom is 0.321 e. The van der Waals surface area contributed by atoms with Crippen molar-refractivity contribution in [3.05, 3.63) is 48.4 Å². The van der Waals surface area contributed by atoms with E-state index in [4.69, 9.17) is 9.47 Å². The van der Waals surface area contributed by atoms with Crippen LogP contribution in [0.5, 0.6) is 11.6 Å². The molecule has 4 rings (SSSR count). The second-order valence-corrected chi connectivity index (χ2v) is 6.59. The zero-order chi connectivity index (χ0) is 18.0. The number of nitrogens with one attached hydrogen (secondary N) is 1. The van der Waals surface area contributed by atoms with E-state index in [1.165, 1.54) is 18.3 Å². The van der Waals surface area contributed by atoms with Gasteiger partial charge in [0.2, 0.25) is 5.88 Å². The number of benzene rings is 1. The van der Waals surface area contributed by atoms with E-state index in [0.717, 1.165) is 25.9 Å². The highest BCUT2D eigenvalue weighted by atomic mass is 19.1. The first-order valence-corrected chi connectivity index (χ1v) is 8.73. The van der Waals surface area contributed by atoms with Crippen LogP contribution in [-0.4, -0.2) is 41.2 Å². The van der Waals surface area contributed by atoms with E-state index in [1.807, 2.05) is 0 Å². The van der Waals surface area contributed by atoms with Crippen LogP contribution in [0.4, 0.5) is 14.9 Å². The van der Waals surface area contributed by atoms with Crippen LogP contribution in [0, 0.1) is 5.82 Å². The van der Waals surface area contributed by atoms with E-state index < -0.39 is 5.82 Å². The van der Waals surface area contributed by atoms with Crippen LogP contribution in [0.25, 0.3) is 0 Å². The zero-order valence-corrected chi connectivity index (χ0v) is 14.3. The summed E-state index contributed by atoms with van der Waals surface area (Å²) in [7, 11) is 0. The Morgan fingerprint density at radius 2 is 1.96 bits per heavy atom. The average Bonchev–Trinajstić information content (AvgIpc) is 2.64. The number of nitrogens with zero attached hydrogens (tertiary/aromatic N) is 2. The highest BCUT2D eigenvalue weighted by Gasteiger charge is 2.42. The molecule has 136 valence electrons. The molecule has 0 radical (unpaired) electrons. The van der Waals surface area contributed by atoms with Gasteiger partial charge in [-0.1, -0.05) is 12.1 Å². The van der Waals surface area contributed by atoms with E-state index in [-0.39, 0.29) is 23.3 Å². The summed E-state index contributed by atoms with van der Waals surface area (Å²) in [5, 5.41) is 2.82. The standard InChI is InChI=1S/C19H20FN3O3/c20-14-4-1-2-6-16(14)26-17-15(5-3-10-21-17)22-18(24)23-11-7-19(8-12-23)9-13-25-19/h1-6,10H,7-9,11-13H2,(H,22,24). The highest BCUT2D eigenvalue weighted by Crippen LogP contribution is 2.37. The lowest BCUT2D eigenvalue weighted by molar-refractivity contribution is -0.168. The zero-order valence-electron chi connectivity index (χ0n) is 14.3. The van der Waals surface area contributed by atoms with E-state index >= 15 is 0 Å². The van der Waals surface area contributed by atoms with Crippen molar-refractivity contribution in [2.75, 3.05) is 25.0 Å². The van der Waals surface area contributed by atoms with Crippen molar-refractivity contribution in [1.29, 1.82) is 0 Å². The first-order chi connectivity index (χ1) is 12.7. The monoisotopic (exact) mass is 357 g/mol. The van der Waals surface area contributed by atoms with Crippen molar-refractivity contribution in [3.63, 3.8) is 0 Å². The Hall–Kier alpha value is -2.67. The molecule has 1 aromatic heterocycles. The normalized spacial score (nSPS) is 18.3. The van der Waals surface area contributed by atoms with Crippen LogP contribution in [0.3, 0.4) is 0 Å². The fourth-order valence-corrected chi connectivity index (χ4v) is 3.30. The van der Waals surface area contributed by atoms with Gasteiger partial charge in [0.15, 0.2) is 11.6 Å². The number of aromatic nitrogens is 1. The van der Waals surface area contributed by atoms with Crippen LogP contribution in [0.2, 0.25) is 0 Å². The summed E-state index contributed by atoms with van der Waals surface area (Å²) >= 11 is 0. The number of urea groups is 1. The topological polar surface area (TPSA) is 63.7 Å². The second-order valence-electron chi connectivity index (χ2n) is 6.59. The van der Waals surface area contributed by atoms with Gasteiger partial charge in [-0.15, -0.1) is 0 Å². The molecule has 1 spiro atoms. The Labute approximate surface area is 150 Å². The summed E-state index contributed by atoms with van der Waals surface area (Å²) in [5.74, 6) is -0.275. The molecule has 6 nitrogen and oxygen atoms in total. The SMILES string of the molecule is O=C(Nc1cccnc1Oc1ccccc1F)N1CCC2(CCO2)CC1. The molecular weight excluding hydrogens is 337 g/mol. The third-order valence-corrected chi connectivity index (χ3v) is 4.98. The molecule has 2 aliphatic heterocycles. The molecule has 26 heavy (non-hydrogen) atoms. The van der Waals surface area contributed by atoms with Gasteiger partial charge in [0.25, 0.3) is 0 Å². The number of carbonyl (C=O) groups excluding carboxylic acids is 1. The van der Waals surface area contributed by atoms with Crippen molar-refractivity contribution in [2.24, 2.45) is 0 Å². The number of para-hydroxylation sites is 1. The number of hydrogen-bond acceptors (Lipinski definition) is 4. The predicted molar refractivity (Wildman–Crippen MR) is 93.8 cm³/mol. The molecule has 2 fully saturated rings. The number of likely N-dealkylation sites (tertiary alicyclic amines) is 1. The maximum absolute atomic E-state index is 13.8. The first-order valence-electron chi connectivity index (χ1n) is 8.73. The van der Waals surface area contributed by atoms with Gasteiger partial charge in [0.1, 0.15) is 5.69 Å². The summed E-state index contributed by atoms with van der Waals surface area (Å²) in [4.78, 5) is 18.4. The lowest BCUT2D eigenvalue weighted by atomic mass is 9.84. The molecule has 1 N–H and O–H groups in total. The number of halogens is 1. The van der Waals surface area contributed by atoms with Gasteiger partial charge in [-0.05, 0) is 43.5 Å². The van der Waals surface area contributed by atoms with Crippen molar-refractivity contribution in [2.45, 2.75) is 24.9 Å². The summed E-state index contributed by atoms with van der Waals surface area (Å²) in [6, 6.07) is 9.23. The predicted octanol–water partition coefficient (Wildman–Crippen LogP) is 3.80.